The maximum Gasteiger partial charge on any atom is 0.237 e. The summed E-state index contributed by atoms with van der Waals surface area (Å²) in [6.45, 7) is 5.38. The Morgan fingerprint density at radius 1 is 1.00 bits per heavy atom. The van der Waals surface area contributed by atoms with E-state index in [4.69, 9.17) is 9.51 Å². The first-order valence-electron chi connectivity index (χ1n) is 9.12. The van der Waals surface area contributed by atoms with Gasteiger partial charge in [0.25, 0.3) is 0 Å². The van der Waals surface area contributed by atoms with Gasteiger partial charge in [-0.2, -0.15) is 4.98 Å². The molecule has 0 aliphatic rings. The van der Waals surface area contributed by atoms with Gasteiger partial charge >= 0.3 is 0 Å². The third kappa shape index (κ3) is 4.22. The highest BCUT2D eigenvalue weighted by Gasteiger charge is 2.14. The molecule has 0 bridgehead atoms. The number of imidazole rings is 1. The molecule has 2 heterocycles. The van der Waals surface area contributed by atoms with E-state index in [1.807, 2.05) is 24.3 Å². The molecule has 4 rings (SSSR count). The van der Waals surface area contributed by atoms with Crippen molar-refractivity contribution in [1.82, 2.24) is 19.7 Å². The Labute approximate surface area is 162 Å². The highest BCUT2D eigenvalue weighted by molar-refractivity contribution is 7.98. The molecular formula is C21H22N4OS. The average molecular weight is 379 g/mol. The van der Waals surface area contributed by atoms with Gasteiger partial charge in [-0.05, 0) is 23.6 Å². The fourth-order valence-electron chi connectivity index (χ4n) is 3.03. The Morgan fingerprint density at radius 3 is 2.59 bits per heavy atom. The lowest BCUT2D eigenvalue weighted by molar-refractivity contribution is 0.385. The summed E-state index contributed by atoms with van der Waals surface area (Å²) in [6, 6.07) is 18.4. The fourth-order valence-corrected chi connectivity index (χ4v) is 3.89. The van der Waals surface area contributed by atoms with Crippen molar-refractivity contribution in [1.29, 1.82) is 0 Å². The zero-order valence-electron chi connectivity index (χ0n) is 15.5. The number of nitrogens with zero attached hydrogens (tertiary/aromatic N) is 4. The molecule has 4 aromatic rings. The summed E-state index contributed by atoms with van der Waals surface area (Å²) in [7, 11) is 0. The summed E-state index contributed by atoms with van der Waals surface area (Å²) < 4.78 is 7.72. The minimum Gasteiger partial charge on any atom is -0.338 e. The lowest BCUT2D eigenvalue weighted by Crippen LogP contribution is -2.05. The van der Waals surface area contributed by atoms with E-state index in [9.17, 15) is 0 Å². The van der Waals surface area contributed by atoms with Crippen molar-refractivity contribution >= 4 is 22.8 Å². The molecule has 0 amide bonds. The van der Waals surface area contributed by atoms with E-state index in [1.165, 1.54) is 11.1 Å². The van der Waals surface area contributed by atoms with E-state index >= 15 is 0 Å². The number of para-hydroxylation sites is 2. The lowest BCUT2D eigenvalue weighted by Gasteiger charge is -2.10. The fraction of sp³-hybridized carbons (Fsp3) is 0.286. The number of benzene rings is 2. The zero-order chi connectivity index (χ0) is 18.6. The van der Waals surface area contributed by atoms with Crippen LogP contribution in [0.4, 0.5) is 0 Å². The number of rotatable bonds is 7. The van der Waals surface area contributed by atoms with E-state index in [-0.39, 0.29) is 0 Å². The van der Waals surface area contributed by atoms with E-state index in [0.29, 0.717) is 29.8 Å². The Balaban J connectivity index is 1.49. The molecule has 0 spiro atoms. The molecule has 0 aliphatic carbocycles. The highest BCUT2D eigenvalue weighted by atomic mass is 32.2. The summed E-state index contributed by atoms with van der Waals surface area (Å²) in [6.07, 6.45) is 0.681. The van der Waals surface area contributed by atoms with Crippen LogP contribution in [0.3, 0.4) is 0 Å². The molecule has 27 heavy (non-hydrogen) atoms. The summed E-state index contributed by atoms with van der Waals surface area (Å²) in [4.78, 5) is 9.32. The van der Waals surface area contributed by atoms with Gasteiger partial charge in [0.05, 0.1) is 16.8 Å². The van der Waals surface area contributed by atoms with E-state index in [1.54, 1.807) is 11.8 Å². The number of hydrogen-bond acceptors (Lipinski definition) is 5. The van der Waals surface area contributed by atoms with Crippen LogP contribution in [0.2, 0.25) is 0 Å². The largest absolute Gasteiger partial charge is 0.338 e. The third-order valence-corrected chi connectivity index (χ3v) is 5.17. The van der Waals surface area contributed by atoms with Gasteiger partial charge in [-0.1, -0.05) is 73.2 Å². The number of aromatic nitrogens is 4. The predicted octanol–water partition coefficient (Wildman–Crippen LogP) is 4.96. The molecule has 5 nitrogen and oxygen atoms in total. The summed E-state index contributed by atoms with van der Waals surface area (Å²) in [5, 5.41) is 5.10. The van der Waals surface area contributed by atoms with Gasteiger partial charge in [0.1, 0.15) is 0 Å². The van der Waals surface area contributed by atoms with Gasteiger partial charge in [-0.25, -0.2) is 4.98 Å². The predicted molar refractivity (Wildman–Crippen MR) is 108 cm³/mol. The molecule has 0 aliphatic heterocycles. The number of fused-ring (bicyclic) bond motifs is 1. The molecule has 0 fully saturated rings. The molecule has 0 saturated carbocycles. The summed E-state index contributed by atoms with van der Waals surface area (Å²) in [5.41, 5.74) is 3.37. The van der Waals surface area contributed by atoms with Crippen LogP contribution >= 0.6 is 11.8 Å². The van der Waals surface area contributed by atoms with E-state index < -0.39 is 0 Å². The van der Waals surface area contributed by atoms with Gasteiger partial charge in [-0.15, -0.1) is 0 Å². The first-order valence-corrected chi connectivity index (χ1v) is 10.1. The molecule has 0 N–H and O–H groups in total. The van der Waals surface area contributed by atoms with E-state index in [0.717, 1.165) is 17.2 Å². The molecule has 0 atom stereocenters. The van der Waals surface area contributed by atoms with Gasteiger partial charge in [0.15, 0.2) is 11.0 Å². The molecular weight excluding hydrogens is 356 g/mol. The van der Waals surface area contributed by atoms with Crippen molar-refractivity contribution in [2.75, 3.05) is 0 Å². The van der Waals surface area contributed by atoms with E-state index in [2.05, 4.69) is 58.9 Å². The monoisotopic (exact) mass is 378 g/mol. The molecule has 0 unspecified atom stereocenters. The first kappa shape index (κ1) is 17.8. The molecule has 138 valence electrons. The van der Waals surface area contributed by atoms with Crippen molar-refractivity contribution in [2.45, 2.75) is 37.7 Å². The van der Waals surface area contributed by atoms with Crippen molar-refractivity contribution in [3.05, 3.63) is 71.9 Å². The Bertz CT molecular complexity index is 1020. The van der Waals surface area contributed by atoms with Crippen LogP contribution in [0.5, 0.6) is 0 Å². The van der Waals surface area contributed by atoms with Crippen LogP contribution in [0.25, 0.3) is 11.0 Å². The van der Waals surface area contributed by atoms with Gasteiger partial charge in [0.2, 0.25) is 5.89 Å². The second kappa shape index (κ2) is 7.96. The van der Waals surface area contributed by atoms with Crippen LogP contribution in [0, 0.1) is 5.92 Å². The Kier molecular flexibility index (Phi) is 5.25. The SMILES string of the molecule is CC(C)Cn1c(SCc2nc(Cc3ccccc3)no2)nc2ccccc21. The van der Waals surface area contributed by atoms with Crippen molar-refractivity contribution < 1.29 is 4.52 Å². The minimum absolute atomic E-state index is 0.544. The lowest BCUT2D eigenvalue weighted by atomic mass is 10.1. The van der Waals surface area contributed by atoms with Crippen molar-refractivity contribution in [3.8, 4) is 0 Å². The molecule has 2 aromatic carbocycles. The summed E-state index contributed by atoms with van der Waals surface area (Å²) >= 11 is 1.64. The Morgan fingerprint density at radius 2 is 1.78 bits per heavy atom. The van der Waals surface area contributed by atoms with Gasteiger partial charge in [0, 0.05) is 13.0 Å². The number of hydrogen-bond donors (Lipinski definition) is 0. The normalized spacial score (nSPS) is 11.5. The minimum atomic E-state index is 0.544. The Hall–Kier alpha value is -2.60. The highest BCUT2D eigenvalue weighted by Crippen LogP contribution is 2.27. The van der Waals surface area contributed by atoms with Crippen LogP contribution in [-0.2, 0) is 18.7 Å². The van der Waals surface area contributed by atoms with Gasteiger partial charge in [-0.3, -0.25) is 0 Å². The van der Waals surface area contributed by atoms with Gasteiger partial charge < -0.3 is 9.09 Å². The quantitative estimate of drug-likeness (QED) is 0.426. The van der Waals surface area contributed by atoms with Crippen LogP contribution in [-0.4, -0.2) is 19.7 Å². The third-order valence-electron chi connectivity index (χ3n) is 4.21. The van der Waals surface area contributed by atoms with Crippen LogP contribution in [0.1, 0.15) is 31.1 Å². The second-order valence-electron chi connectivity index (χ2n) is 6.94. The molecule has 0 saturated heterocycles. The smallest absolute Gasteiger partial charge is 0.237 e. The second-order valence-corrected chi connectivity index (χ2v) is 7.89. The van der Waals surface area contributed by atoms with Crippen molar-refractivity contribution in [3.63, 3.8) is 0 Å². The summed E-state index contributed by atoms with van der Waals surface area (Å²) in [5.74, 6) is 2.51. The van der Waals surface area contributed by atoms with Crippen LogP contribution < -0.4 is 0 Å². The molecule has 6 heteroatoms. The molecule has 0 radical (unpaired) electrons. The number of thioether (sulfide) groups is 1. The molecule has 2 aromatic heterocycles. The standard InChI is InChI=1S/C21H22N4OS/c1-15(2)13-25-18-11-7-6-10-17(18)22-21(25)27-14-20-23-19(24-26-20)12-16-8-4-3-5-9-16/h3-11,15H,12-14H2,1-2H3. The zero-order valence-corrected chi connectivity index (χ0v) is 16.3. The van der Waals surface area contributed by atoms with Crippen molar-refractivity contribution in [2.24, 2.45) is 5.92 Å². The topological polar surface area (TPSA) is 56.7 Å². The maximum atomic E-state index is 5.43. The average Bonchev–Trinajstić information content (AvgIpc) is 3.25. The first-order chi connectivity index (χ1) is 13.2. The maximum absolute atomic E-state index is 5.43. The van der Waals surface area contributed by atoms with Crippen LogP contribution in [0.15, 0.2) is 64.3 Å².